The number of carbonyl (C=O) groups is 7. The summed E-state index contributed by atoms with van der Waals surface area (Å²) in [7, 11) is 0. The fraction of sp³-hybridized carbons (Fsp3) is 0.615. The van der Waals surface area contributed by atoms with Gasteiger partial charge in [0.25, 0.3) is 0 Å². The van der Waals surface area contributed by atoms with E-state index in [0.29, 0.717) is 102 Å². The Kier molecular flexibility index (Phi) is 15.8. The highest BCUT2D eigenvalue weighted by atomic mass is 16.6. The van der Waals surface area contributed by atoms with E-state index in [-0.39, 0.29) is 11.9 Å². The number of rotatable bonds is 16. The first kappa shape index (κ1) is 40.2. The molecule has 0 aliphatic heterocycles. The van der Waals surface area contributed by atoms with Crippen molar-refractivity contribution in [2.45, 2.75) is 103 Å². The van der Waals surface area contributed by atoms with Gasteiger partial charge in [-0.1, -0.05) is 6.58 Å². The molecule has 0 bridgehead atoms. The van der Waals surface area contributed by atoms with E-state index in [2.05, 4.69) is 6.58 Å². The van der Waals surface area contributed by atoms with Gasteiger partial charge in [0.05, 0.1) is 48.7 Å². The topological polar surface area (TPSA) is 186 Å². The number of hydrogen-bond acceptors (Lipinski definition) is 12. The van der Waals surface area contributed by atoms with E-state index < -0.39 is 65.4 Å². The highest BCUT2D eigenvalue weighted by molar-refractivity contribution is 5.90. The van der Waals surface area contributed by atoms with Crippen LogP contribution in [0.2, 0.25) is 0 Å². The third-order valence-corrected chi connectivity index (χ3v) is 10.4. The molecule has 0 spiro atoms. The van der Waals surface area contributed by atoms with Gasteiger partial charge in [-0.25, -0.2) is 4.79 Å². The molecule has 52 heavy (non-hydrogen) atoms. The number of carboxylic acid groups (broad SMARTS) is 1. The molecule has 284 valence electrons. The molecule has 0 aromatic heterocycles. The molecular weight excluding hydrogens is 676 g/mol. The summed E-state index contributed by atoms with van der Waals surface area (Å²) < 4.78 is 26.6. The summed E-state index contributed by atoms with van der Waals surface area (Å²) in [6, 6.07) is 6.81. The Labute approximate surface area is 303 Å². The van der Waals surface area contributed by atoms with Gasteiger partial charge < -0.3 is 28.8 Å². The normalized spacial score (nSPS) is 24.4. The standard InChI is InChI=1S/C39H50O13/c1-2-33(40)49-24-6-4-3-5-23-48-31-19-21-32(22-20-31)50-35(43)26-11-13-28(14-12-26)37(45)52-39(47)30-17-15-29(16-18-30)38(46)51-36(44)27-9-7-25(8-10-27)34(41)42/h2,19-22,25-30H,1,3-18,23-24H2,(H,41,42). The van der Waals surface area contributed by atoms with Crippen LogP contribution in [-0.4, -0.2) is 60.1 Å². The van der Waals surface area contributed by atoms with Crippen molar-refractivity contribution in [3.63, 3.8) is 0 Å². The minimum atomic E-state index is -0.876. The summed E-state index contributed by atoms with van der Waals surface area (Å²) >= 11 is 0. The van der Waals surface area contributed by atoms with E-state index in [9.17, 15) is 33.6 Å². The summed E-state index contributed by atoms with van der Waals surface area (Å²) in [5.41, 5.74) is 0. The third kappa shape index (κ3) is 12.6. The zero-order valence-corrected chi connectivity index (χ0v) is 29.6. The molecule has 0 heterocycles. The molecule has 13 nitrogen and oxygen atoms in total. The summed E-state index contributed by atoms with van der Waals surface area (Å²) in [5.74, 6) is -5.99. The predicted octanol–water partition coefficient (Wildman–Crippen LogP) is 5.90. The summed E-state index contributed by atoms with van der Waals surface area (Å²) in [5, 5.41) is 9.13. The maximum atomic E-state index is 12.8. The van der Waals surface area contributed by atoms with Crippen molar-refractivity contribution in [1.82, 2.24) is 0 Å². The molecule has 13 heteroatoms. The van der Waals surface area contributed by atoms with Gasteiger partial charge in [0.15, 0.2) is 0 Å². The smallest absolute Gasteiger partial charge is 0.330 e. The van der Waals surface area contributed by atoms with Crippen LogP contribution in [0.1, 0.15) is 103 Å². The minimum absolute atomic E-state index is 0.327. The predicted molar refractivity (Wildman–Crippen MR) is 183 cm³/mol. The summed E-state index contributed by atoms with van der Waals surface area (Å²) in [6.07, 6.45) is 9.07. The first-order chi connectivity index (χ1) is 25.0. The van der Waals surface area contributed by atoms with Crippen LogP contribution >= 0.6 is 0 Å². The van der Waals surface area contributed by atoms with E-state index in [1.54, 1.807) is 24.3 Å². The van der Waals surface area contributed by atoms with Gasteiger partial charge in [0.1, 0.15) is 11.5 Å². The Morgan fingerprint density at radius 2 is 0.904 bits per heavy atom. The number of benzene rings is 1. The molecule has 1 aromatic rings. The van der Waals surface area contributed by atoms with Crippen molar-refractivity contribution < 1.29 is 62.4 Å². The van der Waals surface area contributed by atoms with Crippen molar-refractivity contribution in [2.75, 3.05) is 13.2 Å². The van der Waals surface area contributed by atoms with Gasteiger partial charge in [-0.05, 0) is 127 Å². The number of esters is 6. The maximum absolute atomic E-state index is 12.8. The molecule has 1 aromatic carbocycles. The lowest BCUT2D eigenvalue weighted by molar-refractivity contribution is -0.171. The lowest BCUT2D eigenvalue weighted by Crippen LogP contribution is -2.34. The molecule has 0 atom stereocenters. The van der Waals surface area contributed by atoms with Crippen LogP contribution in [0.15, 0.2) is 36.9 Å². The van der Waals surface area contributed by atoms with Crippen LogP contribution in [-0.2, 0) is 47.8 Å². The number of unbranched alkanes of at least 4 members (excludes halogenated alkanes) is 3. The van der Waals surface area contributed by atoms with Crippen LogP contribution in [0.5, 0.6) is 11.5 Å². The molecule has 3 aliphatic carbocycles. The van der Waals surface area contributed by atoms with Crippen molar-refractivity contribution >= 4 is 41.8 Å². The van der Waals surface area contributed by atoms with Crippen LogP contribution < -0.4 is 9.47 Å². The average molecular weight is 727 g/mol. The molecular formula is C39H50O13. The lowest BCUT2D eigenvalue weighted by Gasteiger charge is -2.28. The Morgan fingerprint density at radius 3 is 1.31 bits per heavy atom. The zero-order chi connectivity index (χ0) is 37.5. The highest BCUT2D eigenvalue weighted by Gasteiger charge is 2.38. The number of aliphatic carboxylic acids is 1. The van der Waals surface area contributed by atoms with E-state index in [1.165, 1.54) is 0 Å². The minimum Gasteiger partial charge on any atom is -0.494 e. The molecule has 0 saturated heterocycles. The number of ether oxygens (including phenoxy) is 5. The van der Waals surface area contributed by atoms with Crippen molar-refractivity contribution in [3.05, 3.63) is 36.9 Å². The Bertz CT molecular complexity index is 1410. The zero-order valence-electron chi connectivity index (χ0n) is 29.6. The lowest BCUT2D eigenvalue weighted by atomic mass is 9.81. The monoisotopic (exact) mass is 726 g/mol. The van der Waals surface area contributed by atoms with E-state index >= 15 is 0 Å². The first-order valence-electron chi connectivity index (χ1n) is 18.5. The largest absolute Gasteiger partial charge is 0.494 e. The molecule has 0 amide bonds. The number of carbonyl (C=O) groups excluding carboxylic acids is 6. The fourth-order valence-electron chi connectivity index (χ4n) is 7.02. The van der Waals surface area contributed by atoms with Crippen molar-refractivity contribution in [3.8, 4) is 11.5 Å². The number of hydrogen-bond donors (Lipinski definition) is 1. The van der Waals surface area contributed by atoms with E-state index in [4.69, 9.17) is 28.8 Å². The number of carboxylic acids is 1. The second kappa shape index (κ2) is 20.5. The van der Waals surface area contributed by atoms with E-state index in [1.807, 2.05) is 0 Å². The quantitative estimate of drug-likeness (QED) is 0.0530. The van der Waals surface area contributed by atoms with Crippen LogP contribution in [0.25, 0.3) is 0 Å². The molecule has 3 saturated carbocycles. The molecule has 4 rings (SSSR count). The van der Waals surface area contributed by atoms with Crippen LogP contribution in [0.3, 0.4) is 0 Å². The van der Waals surface area contributed by atoms with Gasteiger partial charge >= 0.3 is 41.8 Å². The fourth-order valence-corrected chi connectivity index (χ4v) is 7.02. The highest BCUT2D eigenvalue weighted by Crippen LogP contribution is 2.35. The van der Waals surface area contributed by atoms with Gasteiger partial charge in [0, 0.05) is 6.08 Å². The van der Waals surface area contributed by atoms with Crippen LogP contribution in [0.4, 0.5) is 0 Å². The second-order valence-corrected chi connectivity index (χ2v) is 14.0. The van der Waals surface area contributed by atoms with Gasteiger partial charge in [-0.2, -0.15) is 0 Å². The molecule has 3 aliphatic rings. The molecule has 0 unspecified atom stereocenters. The molecule has 3 fully saturated rings. The maximum Gasteiger partial charge on any atom is 0.330 e. The molecule has 1 N–H and O–H groups in total. The van der Waals surface area contributed by atoms with Gasteiger partial charge in [-0.3, -0.25) is 28.8 Å². The second-order valence-electron chi connectivity index (χ2n) is 14.0. The Hall–Kier alpha value is -4.55. The van der Waals surface area contributed by atoms with Crippen LogP contribution in [0, 0.1) is 35.5 Å². The molecule has 0 radical (unpaired) electrons. The third-order valence-electron chi connectivity index (χ3n) is 10.4. The average Bonchev–Trinajstić information content (AvgIpc) is 3.16. The summed E-state index contributed by atoms with van der Waals surface area (Å²) in [4.78, 5) is 85.6. The SMILES string of the molecule is C=CC(=O)OCCCCCCOc1ccc(OC(=O)C2CCC(C(=O)OC(=O)C3CCC(C(=O)OC(=O)C4CCC(C(=O)O)CC4)CC3)CC2)cc1. The summed E-state index contributed by atoms with van der Waals surface area (Å²) in [6.45, 7) is 4.27. The van der Waals surface area contributed by atoms with E-state index in [0.717, 1.165) is 31.8 Å². The Balaban J connectivity index is 1.07. The van der Waals surface area contributed by atoms with Crippen molar-refractivity contribution in [1.29, 1.82) is 0 Å². The van der Waals surface area contributed by atoms with Gasteiger partial charge in [0.2, 0.25) is 0 Å². The van der Waals surface area contributed by atoms with Crippen molar-refractivity contribution in [2.24, 2.45) is 35.5 Å². The Morgan fingerprint density at radius 1 is 0.538 bits per heavy atom. The first-order valence-corrected chi connectivity index (χ1v) is 18.5. The van der Waals surface area contributed by atoms with Gasteiger partial charge in [-0.15, -0.1) is 0 Å².